The molecule has 1 unspecified atom stereocenters. The Morgan fingerprint density at radius 3 is 3.19 bits per heavy atom. The molecule has 1 aliphatic rings. The molecule has 0 aromatic carbocycles. The topological polar surface area (TPSA) is 37.8 Å². The number of aromatic nitrogens is 2. The summed E-state index contributed by atoms with van der Waals surface area (Å²) in [6.45, 7) is 1.16. The van der Waals surface area contributed by atoms with Crippen LogP contribution in [-0.4, -0.2) is 22.6 Å². The van der Waals surface area contributed by atoms with Crippen LogP contribution in [0.1, 0.15) is 17.8 Å². The fourth-order valence-electron chi connectivity index (χ4n) is 2.00. The molecule has 0 saturated carbocycles. The molecule has 5 heteroatoms. The first-order valence-corrected chi connectivity index (χ1v) is 7.24. The SMILES string of the molecule is c1ncc(-c2csc(CC3CCCN3)n2)s1. The summed E-state index contributed by atoms with van der Waals surface area (Å²) in [6, 6.07) is 0.639. The fourth-order valence-corrected chi connectivity index (χ4v) is 3.53. The van der Waals surface area contributed by atoms with Crippen molar-refractivity contribution >= 4 is 22.7 Å². The summed E-state index contributed by atoms with van der Waals surface area (Å²) in [4.78, 5) is 9.92. The van der Waals surface area contributed by atoms with Crippen LogP contribution in [0.15, 0.2) is 17.1 Å². The van der Waals surface area contributed by atoms with E-state index in [0.717, 1.165) is 18.7 Å². The van der Waals surface area contributed by atoms with E-state index in [4.69, 9.17) is 0 Å². The third-order valence-corrected chi connectivity index (χ3v) is 4.49. The molecule has 1 fully saturated rings. The second kappa shape index (κ2) is 4.61. The monoisotopic (exact) mass is 251 g/mol. The number of thiazole rings is 2. The molecule has 1 N–H and O–H groups in total. The lowest BCUT2D eigenvalue weighted by Crippen LogP contribution is -2.23. The Bertz CT molecular complexity index is 444. The van der Waals surface area contributed by atoms with Crippen LogP contribution in [0.4, 0.5) is 0 Å². The van der Waals surface area contributed by atoms with E-state index in [-0.39, 0.29) is 0 Å². The van der Waals surface area contributed by atoms with Gasteiger partial charge in [0.15, 0.2) is 0 Å². The minimum atomic E-state index is 0.639. The average Bonchev–Trinajstić information content (AvgIpc) is 2.99. The minimum absolute atomic E-state index is 0.639. The van der Waals surface area contributed by atoms with Gasteiger partial charge in [0.25, 0.3) is 0 Å². The van der Waals surface area contributed by atoms with Gasteiger partial charge in [-0.15, -0.1) is 22.7 Å². The lowest BCUT2D eigenvalue weighted by molar-refractivity contribution is 0.601. The summed E-state index contributed by atoms with van der Waals surface area (Å²) < 4.78 is 0. The molecule has 3 nitrogen and oxygen atoms in total. The maximum absolute atomic E-state index is 4.67. The molecule has 2 aromatic heterocycles. The third kappa shape index (κ3) is 2.16. The zero-order valence-corrected chi connectivity index (χ0v) is 10.5. The van der Waals surface area contributed by atoms with Crippen molar-refractivity contribution in [2.75, 3.05) is 6.54 Å². The molecule has 0 bridgehead atoms. The van der Waals surface area contributed by atoms with Crippen molar-refractivity contribution < 1.29 is 0 Å². The van der Waals surface area contributed by atoms with E-state index in [1.165, 1.54) is 22.7 Å². The van der Waals surface area contributed by atoms with E-state index in [2.05, 4.69) is 20.7 Å². The lowest BCUT2D eigenvalue weighted by Gasteiger charge is -2.06. The molecule has 16 heavy (non-hydrogen) atoms. The number of hydrogen-bond acceptors (Lipinski definition) is 5. The zero-order chi connectivity index (χ0) is 10.8. The first kappa shape index (κ1) is 10.4. The average molecular weight is 251 g/mol. The predicted octanol–water partition coefficient (Wildman–Crippen LogP) is 2.56. The Hall–Kier alpha value is -0.780. The van der Waals surface area contributed by atoms with E-state index >= 15 is 0 Å². The van der Waals surface area contributed by atoms with Crippen molar-refractivity contribution in [3.8, 4) is 10.6 Å². The number of rotatable bonds is 3. The van der Waals surface area contributed by atoms with Crippen LogP contribution < -0.4 is 5.32 Å². The van der Waals surface area contributed by atoms with Crippen molar-refractivity contribution in [3.05, 3.63) is 22.1 Å². The Balaban J connectivity index is 1.72. The van der Waals surface area contributed by atoms with Gasteiger partial charge in [-0.1, -0.05) is 0 Å². The molecule has 84 valence electrons. The summed E-state index contributed by atoms with van der Waals surface area (Å²) in [5.74, 6) is 0. The van der Waals surface area contributed by atoms with Crippen LogP contribution in [0, 0.1) is 0 Å². The van der Waals surface area contributed by atoms with Crippen molar-refractivity contribution in [1.29, 1.82) is 0 Å². The van der Waals surface area contributed by atoms with Crippen molar-refractivity contribution in [2.45, 2.75) is 25.3 Å². The maximum atomic E-state index is 4.67. The van der Waals surface area contributed by atoms with Gasteiger partial charge in [0.2, 0.25) is 0 Å². The van der Waals surface area contributed by atoms with Gasteiger partial charge in [-0.2, -0.15) is 0 Å². The highest BCUT2D eigenvalue weighted by molar-refractivity contribution is 7.14. The molecule has 0 radical (unpaired) electrons. The second-order valence-electron chi connectivity index (χ2n) is 3.99. The molecule has 1 aliphatic heterocycles. The van der Waals surface area contributed by atoms with Crippen molar-refractivity contribution in [3.63, 3.8) is 0 Å². The quantitative estimate of drug-likeness (QED) is 0.911. The van der Waals surface area contributed by atoms with E-state index in [9.17, 15) is 0 Å². The summed E-state index contributed by atoms with van der Waals surface area (Å²) in [5, 5.41) is 6.88. The number of hydrogen-bond donors (Lipinski definition) is 1. The lowest BCUT2D eigenvalue weighted by atomic mass is 10.2. The van der Waals surface area contributed by atoms with E-state index in [0.29, 0.717) is 6.04 Å². The smallest absolute Gasteiger partial charge is 0.0948 e. The third-order valence-electron chi connectivity index (χ3n) is 2.82. The molecule has 0 amide bonds. The van der Waals surface area contributed by atoms with Crippen molar-refractivity contribution in [1.82, 2.24) is 15.3 Å². The Morgan fingerprint density at radius 2 is 2.44 bits per heavy atom. The number of nitrogens with one attached hydrogen (secondary N) is 1. The summed E-state index contributed by atoms with van der Waals surface area (Å²) in [7, 11) is 0. The maximum Gasteiger partial charge on any atom is 0.0948 e. The fraction of sp³-hybridized carbons (Fsp3) is 0.455. The molecule has 1 atom stereocenters. The Labute approximate surface area is 103 Å². The number of nitrogens with zero attached hydrogens (tertiary/aromatic N) is 2. The first-order chi connectivity index (χ1) is 7.92. The Kier molecular flexibility index (Phi) is 2.99. The largest absolute Gasteiger partial charge is 0.314 e. The molecule has 3 rings (SSSR count). The Morgan fingerprint density at radius 1 is 1.44 bits per heavy atom. The van der Waals surface area contributed by atoms with Gasteiger partial charge in [0.1, 0.15) is 0 Å². The van der Waals surface area contributed by atoms with Gasteiger partial charge in [0, 0.05) is 24.0 Å². The van der Waals surface area contributed by atoms with Gasteiger partial charge in [-0.3, -0.25) is 4.98 Å². The standard InChI is InChI=1S/C11H13N3S2/c1-2-8(13-3-1)4-11-14-9(6-15-11)10-5-12-7-16-10/h5-8,13H,1-4H2. The predicted molar refractivity (Wildman–Crippen MR) is 68.0 cm³/mol. The zero-order valence-electron chi connectivity index (χ0n) is 8.85. The molecular formula is C11H13N3S2. The van der Waals surface area contributed by atoms with Gasteiger partial charge in [-0.25, -0.2) is 4.98 Å². The van der Waals surface area contributed by atoms with Crippen LogP contribution in [0.2, 0.25) is 0 Å². The highest BCUT2D eigenvalue weighted by Crippen LogP contribution is 2.26. The highest BCUT2D eigenvalue weighted by atomic mass is 32.1. The molecular weight excluding hydrogens is 238 g/mol. The summed E-state index contributed by atoms with van der Waals surface area (Å²) >= 11 is 3.41. The molecule has 0 aliphatic carbocycles. The van der Waals surface area contributed by atoms with E-state index in [1.54, 1.807) is 22.7 Å². The highest BCUT2D eigenvalue weighted by Gasteiger charge is 2.16. The van der Waals surface area contributed by atoms with E-state index in [1.807, 2.05) is 11.7 Å². The van der Waals surface area contributed by atoms with Crippen LogP contribution in [0.25, 0.3) is 10.6 Å². The second-order valence-corrected chi connectivity index (χ2v) is 5.82. The normalized spacial score (nSPS) is 20.4. The first-order valence-electron chi connectivity index (χ1n) is 5.48. The van der Waals surface area contributed by atoms with E-state index < -0.39 is 0 Å². The van der Waals surface area contributed by atoms with Crippen LogP contribution in [0.3, 0.4) is 0 Å². The van der Waals surface area contributed by atoms with Gasteiger partial charge in [0.05, 0.1) is 21.1 Å². The minimum Gasteiger partial charge on any atom is -0.314 e. The molecule has 0 spiro atoms. The molecule has 2 aromatic rings. The van der Waals surface area contributed by atoms with Gasteiger partial charge < -0.3 is 5.32 Å². The van der Waals surface area contributed by atoms with Gasteiger partial charge >= 0.3 is 0 Å². The summed E-state index contributed by atoms with van der Waals surface area (Å²) in [6.07, 6.45) is 5.55. The molecule has 3 heterocycles. The van der Waals surface area contributed by atoms with Crippen LogP contribution >= 0.6 is 22.7 Å². The van der Waals surface area contributed by atoms with Crippen LogP contribution in [0.5, 0.6) is 0 Å². The molecule has 1 saturated heterocycles. The van der Waals surface area contributed by atoms with Gasteiger partial charge in [-0.05, 0) is 19.4 Å². The van der Waals surface area contributed by atoms with Crippen molar-refractivity contribution in [2.24, 2.45) is 0 Å². The van der Waals surface area contributed by atoms with Crippen LogP contribution in [-0.2, 0) is 6.42 Å². The summed E-state index contributed by atoms with van der Waals surface area (Å²) in [5.41, 5.74) is 2.94.